The molecule has 0 aliphatic carbocycles. The topological polar surface area (TPSA) is 68.4 Å². The molecule has 0 amide bonds. The average Bonchev–Trinajstić information content (AvgIpc) is 2.61. The molecule has 0 unspecified atom stereocenters. The molecule has 7 heteroatoms. The summed E-state index contributed by atoms with van der Waals surface area (Å²) in [5.74, 6) is -1.45. The first-order valence-corrected chi connectivity index (χ1v) is 8.62. The van der Waals surface area contributed by atoms with E-state index in [1.54, 1.807) is 25.1 Å². The highest BCUT2D eigenvalue weighted by molar-refractivity contribution is 9.10. The minimum absolute atomic E-state index is 0.00257. The van der Waals surface area contributed by atoms with Gasteiger partial charge in [-0.2, -0.15) is 0 Å². The third kappa shape index (κ3) is 3.22. The molecule has 0 saturated carbocycles. The first-order valence-electron chi connectivity index (χ1n) is 7.82. The molecule has 0 saturated heterocycles. The molecule has 0 fully saturated rings. The van der Waals surface area contributed by atoms with Gasteiger partial charge in [-0.05, 0) is 25.1 Å². The van der Waals surface area contributed by atoms with Gasteiger partial charge in [0.05, 0.1) is 24.9 Å². The Labute approximate surface area is 156 Å². The van der Waals surface area contributed by atoms with E-state index in [9.17, 15) is 14.0 Å². The lowest BCUT2D eigenvalue weighted by Crippen LogP contribution is -2.20. The monoisotopic (exact) mass is 419 g/mol. The minimum atomic E-state index is -0.762. The van der Waals surface area contributed by atoms with E-state index in [1.807, 2.05) is 6.07 Å². The van der Waals surface area contributed by atoms with Crippen molar-refractivity contribution < 1.29 is 18.7 Å². The Hall–Kier alpha value is -2.67. The van der Waals surface area contributed by atoms with E-state index in [-0.39, 0.29) is 23.3 Å². The zero-order chi connectivity index (χ0) is 18.8. The Bertz CT molecular complexity index is 1060. The molecule has 1 N–H and O–H groups in total. The molecule has 26 heavy (non-hydrogen) atoms. The van der Waals surface area contributed by atoms with E-state index in [0.717, 1.165) is 10.5 Å². The number of esters is 1. The van der Waals surface area contributed by atoms with Gasteiger partial charge in [0.25, 0.3) is 0 Å². The zero-order valence-electron chi connectivity index (χ0n) is 14.1. The van der Waals surface area contributed by atoms with Crippen molar-refractivity contribution >= 4 is 32.8 Å². The Morgan fingerprint density at radius 2 is 2.04 bits per heavy atom. The summed E-state index contributed by atoms with van der Waals surface area (Å²) in [4.78, 5) is 28.4. The molecule has 0 radical (unpaired) electrons. The number of rotatable bonds is 4. The molecule has 0 aliphatic heterocycles. The normalized spacial score (nSPS) is 10.8. The Morgan fingerprint density at radius 1 is 1.27 bits per heavy atom. The lowest BCUT2D eigenvalue weighted by molar-refractivity contribution is 0.0525. The van der Waals surface area contributed by atoms with E-state index < -0.39 is 17.2 Å². The number of carbonyl (C=O) groups is 1. The van der Waals surface area contributed by atoms with Crippen molar-refractivity contribution in [1.29, 1.82) is 0 Å². The third-order valence-corrected chi connectivity index (χ3v) is 4.36. The molecule has 1 heterocycles. The fourth-order valence-electron chi connectivity index (χ4n) is 2.70. The van der Waals surface area contributed by atoms with Crippen molar-refractivity contribution in [2.75, 3.05) is 13.7 Å². The van der Waals surface area contributed by atoms with Crippen LogP contribution in [-0.4, -0.2) is 24.7 Å². The highest BCUT2D eigenvalue weighted by atomic mass is 79.9. The van der Waals surface area contributed by atoms with Crippen LogP contribution in [0.1, 0.15) is 17.3 Å². The van der Waals surface area contributed by atoms with E-state index in [4.69, 9.17) is 9.47 Å². The number of aromatic amines is 1. The lowest BCUT2D eigenvalue weighted by atomic mass is 10.0. The number of nitrogens with one attached hydrogen (secondary N) is 1. The maximum atomic E-state index is 14.1. The number of pyridine rings is 1. The van der Waals surface area contributed by atoms with Crippen LogP contribution in [0.25, 0.3) is 22.2 Å². The van der Waals surface area contributed by atoms with Crippen molar-refractivity contribution in [2.24, 2.45) is 0 Å². The van der Waals surface area contributed by atoms with Crippen LogP contribution in [0.15, 0.2) is 45.7 Å². The highest BCUT2D eigenvalue weighted by Crippen LogP contribution is 2.28. The van der Waals surface area contributed by atoms with Crippen molar-refractivity contribution in [1.82, 2.24) is 4.98 Å². The molecule has 3 aromatic rings. The number of hydrogen-bond donors (Lipinski definition) is 1. The summed E-state index contributed by atoms with van der Waals surface area (Å²) < 4.78 is 24.9. The molecule has 0 spiro atoms. The largest absolute Gasteiger partial charge is 0.494 e. The summed E-state index contributed by atoms with van der Waals surface area (Å²) in [6.45, 7) is 1.77. The first kappa shape index (κ1) is 18.1. The molecule has 2 aromatic carbocycles. The number of carbonyl (C=O) groups excluding carboxylic acids is 1. The standard InChI is InChI=1S/C19H15BrFNO4/c1-3-26-19(24)16-17(10-5-4-6-11(20)7-10)22-14-9-15(25-2)13(21)8-12(14)18(16)23/h4-9H,3H2,1-2H3,(H,22,23). The molecule has 1 aromatic heterocycles. The molecule has 134 valence electrons. The van der Waals surface area contributed by atoms with Crippen LogP contribution in [-0.2, 0) is 4.74 Å². The van der Waals surface area contributed by atoms with Crippen LogP contribution in [0.4, 0.5) is 4.39 Å². The van der Waals surface area contributed by atoms with Gasteiger partial charge in [0.2, 0.25) is 5.43 Å². The SMILES string of the molecule is CCOC(=O)c1c(-c2cccc(Br)c2)[nH]c2cc(OC)c(F)cc2c1=O. The average molecular weight is 420 g/mol. The van der Waals surface area contributed by atoms with Gasteiger partial charge < -0.3 is 14.5 Å². The van der Waals surface area contributed by atoms with Gasteiger partial charge in [0.1, 0.15) is 5.56 Å². The predicted octanol–water partition coefficient (Wildman–Crippen LogP) is 4.28. The highest BCUT2D eigenvalue weighted by Gasteiger charge is 2.22. The van der Waals surface area contributed by atoms with Crippen LogP contribution < -0.4 is 10.2 Å². The van der Waals surface area contributed by atoms with Gasteiger partial charge in [0.15, 0.2) is 11.6 Å². The summed E-state index contributed by atoms with van der Waals surface area (Å²) in [7, 11) is 1.34. The van der Waals surface area contributed by atoms with Crippen molar-refractivity contribution in [3.05, 3.63) is 62.5 Å². The third-order valence-electron chi connectivity index (χ3n) is 3.87. The fourth-order valence-corrected chi connectivity index (χ4v) is 3.10. The summed E-state index contributed by atoms with van der Waals surface area (Å²) in [5, 5.41) is 0.0464. The van der Waals surface area contributed by atoms with E-state index in [2.05, 4.69) is 20.9 Å². The number of fused-ring (bicyclic) bond motifs is 1. The predicted molar refractivity (Wildman–Crippen MR) is 100 cm³/mol. The minimum Gasteiger partial charge on any atom is -0.494 e. The van der Waals surface area contributed by atoms with Gasteiger partial charge in [-0.1, -0.05) is 28.1 Å². The lowest BCUT2D eigenvalue weighted by Gasteiger charge is -2.12. The fraction of sp³-hybridized carbons (Fsp3) is 0.158. The van der Waals surface area contributed by atoms with E-state index in [0.29, 0.717) is 16.8 Å². The Morgan fingerprint density at radius 3 is 2.69 bits per heavy atom. The molecule has 0 aliphatic rings. The van der Waals surface area contributed by atoms with E-state index >= 15 is 0 Å². The number of aromatic nitrogens is 1. The molecule has 5 nitrogen and oxygen atoms in total. The zero-order valence-corrected chi connectivity index (χ0v) is 15.6. The van der Waals surface area contributed by atoms with Crippen molar-refractivity contribution in [3.63, 3.8) is 0 Å². The maximum absolute atomic E-state index is 14.1. The molecular weight excluding hydrogens is 405 g/mol. The second-order valence-corrected chi connectivity index (χ2v) is 6.38. The van der Waals surface area contributed by atoms with Gasteiger partial charge in [-0.15, -0.1) is 0 Å². The number of methoxy groups -OCH3 is 1. The van der Waals surface area contributed by atoms with Crippen LogP contribution >= 0.6 is 15.9 Å². The summed E-state index contributed by atoms with van der Waals surface area (Å²) in [5.41, 5.74) is 0.507. The maximum Gasteiger partial charge on any atom is 0.344 e. The van der Waals surface area contributed by atoms with Crippen molar-refractivity contribution in [3.8, 4) is 17.0 Å². The Kier molecular flexibility index (Phi) is 5.08. The summed E-state index contributed by atoms with van der Waals surface area (Å²) in [6.07, 6.45) is 0. The summed E-state index contributed by atoms with van der Waals surface area (Å²) in [6, 6.07) is 9.57. The van der Waals surface area contributed by atoms with Gasteiger partial charge in [0, 0.05) is 21.5 Å². The summed E-state index contributed by atoms with van der Waals surface area (Å²) >= 11 is 3.37. The Balaban J connectivity index is 2.40. The number of halogens is 2. The second kappa shape index (κ2) is 7.29. The van der Waals surface area contributed by atoms with Gasteiger partial charge >= 0.3 is 5.97 Å². The first-order chi connectivity index (χ1) is 12.5. The number of benzene rings is 2. The number of H-pyrrole nitrogens is 1. The molecule has 0 bridgehead atoms. The molecule has 0 atom stereocenters. The smallest absolute Gasteiger partial charge is 0.344 e. The van der Waals surface area contributed by atoms with E-state index in [1.165, 1.54) is 13.2 Å². The van der Waals surface area contributed by atoms with Crippen LogP contribution in [0.3, 0.4) is 0 Å². The molecular formula is C19H15BrFNO4. The second-order valence-electron chi connectivity index (χ2n) is 5.47. The van der Waals surface area contributed by atoms with Crippen LogP contribution in [0.2, 0.25) is 0 Å². The van der Waals surface area contributed by atoms with Crippen molar-refractivity contribution in [2.45, 2.75) is 6.92 Å². The number of hydrogen-bond acceptors (Lipinski definition) is 4. The number of ether oxygens (including phenoxy) is 2. The quantitative estimate of drug-likeness (QED) is 0.640. The van der Waals surface area contributed by atoms with Gasteiger partial charge in [-0.3, -0.25) is 4.79 Å². The van der Waals surface area contributed by atoms with Crippen LogP contribution in [0.5, 0.6) is 5.75 Å². The van der Waals surface area contributed by atoms with Gasteiger partial charge in [-0.25, -0.2) is 9.18 Å². The van der Waals surface area contributed by atoms with Crippen LogP contribution in [0, 0.1) is 5.82 Å². The molecule has 3 rings (SSSR count).